The molecule has 3 nitrogen and oxygen atoms in total. The van der Waals surface area contributed by atoms with Gasteiger partial charge in [0.15, 0.2) is 0 Å². The molecule has 21 heavy (non-hydrogen) atoms. The minimum atomic E-state index is -0.632. The molecule has 0 saturated carbocycles. The van der Waals surface area contributed by atoms with E-state index >= 15 is 0 Å². The van der Waals surface area contributed by atoms with Crippen molar-refractivity contribution in [1.29, 1.82) is 5.26 Å². The number of hydrogen-bond donors (Lipinski definition) is 1. The van der Waals surface area contributed by atoms with Crippen molar-refractivity contribution in [3.63, 3.8) is 0 Å². The summed E-state index contributed by atoms with van der Waals surface area (Å²) in [4.78, 5) is 0. The molecule has 0 bridgehead atoms. The number of hydrogen-bond acceptors (Lipinski definition) is 3. The fourth-order valence-electron chi connectivity index (χ4n) is 2.83. The van der Waals surface area contributed by atoms with E-state index < -0.39 is 5.41 Å². The van der Waals surface area contributed by atoms with Crippen LogP contribution in [-0.4, -0.2) is 19.7 Å². The number of unbranched alkanes of at least 4 members (excludes halogenated alkanes) is 2. The zero-order chi connectivity index (χ0) is 15.1. The van der Waals surface area contributed by atoms with Gasteiger partial charge in [-0.3, -0.25) is 0 Å². The van der Waals surface area contributed by atoms with Gasteiger partial charge in [0.05, 0.1) is 18.1 Å². The van der Waals surface area contributed by atoms with Crippen molar-refractivity contribution >= 4 is 0 Å². The maximum Gasteiger partial charge on any atom is 0.124 e. The molecular weight excluding hydrogens is 267 g/mol. The topological polar surface area (TPSA) is 45.0 Å². The van der Waals surface area contributed by atoms with E-state index in [1.807, 2.05) is 0 Å². The first-order chi connectivity index (χ1) is 10.2. The minimum Gasteiger partial charge on any atom is -0.493 e. The van der Waals surface area contributed by atoms with Gasteiger partial charge < -0.3 is 10.1 Å². The summed E-state index contributed by atoms with van der Waals surface area (Å²) >= 11 is 0. The maximum absolute atomic E-state index is 13.7. The SMILES string of the molecule is CCCCCOc1ccc(F)cc1C1(C#N)CCNCC1. The number of halogens is 1. The van der Waals surface area contributed by atoms with Crippen molar-refractivity contribution in [2.75, 3.05) is 19.7 Å². The second-order valence-corrected chi connectivity index (χ2v) is 5.64. The van der Waals surface area contributed by atoms with E-state index in [2.05, 4.69) is 18.3 Å². The van der Waals surface area contributed by atoms with Gasteiger partial charge in [0.2, 0.25) is 0 Å². The summed E-state index contributed by atoms with van der Waals surface area (Å²) in [5.74, 6) is 0.356. The second kappa shape index (κ2) is 7.42. The highest BCUT2D eigenvalue weighted by atomic mass is 19.1. The first kappa shape index (κ1) is 15.8. The first-order valence-electron chi connectivity index (χ1n) is 7.76. The molecular formula is C17H23FN2O. The van der Waals surface area contributed by atoms with Crippen LogP contribution in [0.1, 0.15) is 44.6 Å². The van der Waals surface area contributed by atoms with Crippen LogP contribution < -0.4 is 10.1 Å². The Morgan fingerprint density at radius 2 is 2.10 bits per heavy atom. The number of nitrogens with one attached hydrogen (secondary N) is 1. The first-order valence-corrected chi connectivity index (χ1v) is 7.76. The van der Waals surface area contributed by atoms with Crippen LogP contribution in [0.2, 0.25) is 0 Å². The average molecular weight is 290 g/mol. The van der Waals surface area contributed by atoms with E-state index in [1.54, 1.807) is 6.07 Å². The van der Waals surface area contributed by atoms with E-state index in [0.717, 1.165) is 32.4 Å². The van der Waals surface area contributed by atoms with Gasteiger partial charge in [0.1, 0.15) is 11.6 Å². The minimum absolute atomic E-state index is 0.306. The van der Waals surface area contributed by atoms with Gasteiger partial charge in [-0.05, 0) is 50.6 Å². The Hall–Kier alpha value is -1.60. The summed E-state index contributed by atoms with van der Waals surface area (Å²) in [5, 5.41) is 12.9. The van der Waals surface area contributed by atoms with E-state index in [4.69, 9.17) is 4.74 Å². The lowest BCUT2D eigenvalue weighted by atomic mass is 9.74. The Balaban J connectivity index is 2.23. The van der Waals surface area contributed by atoms with E-state index in [9.17, 15) is 9.65 Å². The zero-order valence-electron chi connectivity index (χ0n) is 12.6. The number of piperidine rings is 1. The van der Waals surface area contributed by atoms with Gasteiger partial charge in [-0.1, -0.05) is 19.8 Å². The standard InChI is InChI=1S/C17H23FN2O/c1-2-3-4-11-21-16-6-5-14(18)12-15(16)17(13-19)7-9-20-10-8-17/h5-6,12,20H,2-4,7-11H2,1H3. The van der Waals surface area contributed by atoms with Crippen molar-refractivity contribution in [2.24, 2.45) is 0 Å². The fraction of sp³-hybridized carbons (Fsp3) is 0.588. The molecule has 1 N–H and O–H groups in total. The van der Waals surface area contributed by atoms with Gasteiger partial charge in [0.25, 0.3) is 0 Å². The molecule has 1 heterocycles. The van der Waals surface area contributed by atoms with Crippen molar-refractivity contribution in [2.45, 2.75) is 44.4 Å². The molecule has 0 aliphatic carbocycles. The molecule has 0 aromatic heterocycles. The molecule has 1 aromatic rings. The quantitative estimate of drug-likeness (QED) is 0.815. The maximum atomic E-state index is 13.7. The number of nitriles is 1. The van der Waals surface area contributed by atoms with Gasteiger partial charge in [-0.2, -0.15) is 5.26 Å². The van der Waals surface area contributed by atoms with Crippen LogP contribution in [0.25, 0.3) is 0 Å². The van der Waals surface area contributed by atoms with E-state index in [0.29, 0.717) is 30.8 Å². The monoisotopic (exact) mass is 290 g/mol. The smallest absolute Gasteiger partial charge is 0.124 e. The molecule has 0 unspecified atom stereocenters. The molecule has 1 saturated heterocycles. The third kappa shape index (κ3) is 3.74. The predicted molar refractivity (Wildman–Crippen MR) is 80.8 cm³/mol. The molecule has 1 fully saturated rings. The average Bonchev–Trinajstić information content (AvgIpc) is 2.53. The normalized spacial score (nSPS) is 17.2. The van der Waals surface area contributed by atoms with Crippen LogP contribution in [0.3, 0.4) is 0 Å². The van der Waals surface area contributed by atoms with Crippen LogP contribution in [0, 0.1) is 17.1 Å². The van der Waals surface area contributed by atoms with Crippen LogP contribution in [0.15, 0.2) is 18.2 Å². The third-order valence-electron chi connectivity index (χ3n) is 4.13. The van der Waals surface area contributed by atoms with Crippen molar-refractivity contribution in [3.8, 4) is 11.8 Å². The summed E-state index contributed by atoms with van der Waals surface area (Å²) in [6.45, 7) is 4.31. The largest absolute Gasteiger partial charge is 0.493 e. The Labute approximate surface area is 126 Å². The summed E-state index contributed by atoms with van der Waals surface area (Å²) in [6.07, 6.45) is 4.61. The molecule has 1 aliphatic heterocycles. The molecule has 0 amide bonds. The number of nitrogens with zero attached hydrogens (tertiary/aromatic N) is 1. The highest BCUT2D eigenvalue weighted by Crippen LogP contribution is 2.39. The Kier molecular flexibility index (Phi) is 5.58. The van der Waals surface area contributed by atoms with Gasteiger partial charge in [-0.15, -0.1) is 0 Å². The van der Waals surface area contributed by atoms with Gasteiger partial charge in [0, 0.05) is 5.56 Å². The van der Waals surface area contributed by atoms with Gasteiger partial charge in [-0.25, -0.2) is 4.39 Å². The van der Waals surface area contributed by atoms with Crippen molar-refractivity contribution in [1.82, 2.24) is 5.32 Å². The van der Waals surface area contributed by atoms with Crippen molar-refractivity contribution in [3.05, 3.63) is 29.6 Å². The van der Waals surface area contributed by atoms with Crippen LogP contribution in [0.4, 0.5) is 4.39 Å². The van der Waals surface area contributed by atoms with Crippen LogP contribution >= 0.6 is 0 Å². The molecule has 1 aromatic carbocycles. The lowest BCUT2D eigenvalue weighted by Gasteiger charge is -2.32. The lowest BCUT2D eigenvalue weighted by Crippen LogP contribution is -2.39. The van der Waals surface area contributed by atoms with Crippen LogP contribution in [-0.2, 0) is 5.41 Å². The third-order valence-corrected chi connectivity index (χ3v) is 4.13. The van der Waals surface area contributed by atoms with Gasteiger partial charge >= 0.3 is 0 Å². The lowest BCUT2D eigenvalue weighted by molar-refractivity contribution is 0.290. The van der Waals surface area contributed by atoms with E-state index in [-0.39, 0.29) is 5.82 Å². The summed E-state index contributed by atoms with van der Waals surface area (Å²) in [6, 6.07) is 6.96. The fourth-order valence-corrected chi connectivity index (χ4v) is 2.83. The molecule has 0 atom stereocenters. The summed E-state index contributed by atoms with van der Waals surface area (Å²) < 4.78 is 19.5. The highest BCUT2D eigenvalue weighted by Gasteiger charge is 2.36. The Morgan fingerprint density at radius 1 is 1.33 bits per heavy atom. The van der Waals surface area contributed by atoms with E-state index in [1.165, 1.54) is 12.1 Å². The number of rotatable bonds is 6. The summed E-state index contributed by atoms with van der Waals surface area (Å²) in [7, 11) is 0. The molecule has 0 spiro atoms. The van der Waals surface area contributed by atoms with Crippen LogP contribution in [0.5, 0.6) is 5.75 Å². The molecule has 1 aliphatic rings. The van der Waals surface area contributed by atoms with Crippen molar-refractivity contribution < 1.29 is 9.13 Å². The Bertz CT molecular complexity index is 504. The molecule has 4 heteroatoms. The molecule has 2 rings (SSSR count). The molecule has 114 valence electrons. The zero-order valence-corrected chi connectivity index (χ0v) is 12.6. The highest BCUT2D eigenvalue weighted by molar-refractivity contribution is 5.44. The number of ether oxygens (including phenoxy) is 1. The second-order valence-electron chi connectivity index (χ2n) is 5.64. The Morgan fingerprint density at radius 3 is 2.76 bits per heavy atom. The molecule has 0 radical (unpaired) electrons. The predicted octanol–water partition coefficient (Wildman–Crippen LogP) is 3.54. The summed E-state index contributed by atoms with van der Waals surface area (Å²) in [5.41, 5.74) is 0.0796. The number of benzene rings is 1.